The van der Waals surface area contributed by atoms with E-state index in [1.807, 2.05) is 29.4 Å². The van der Waals surface area contributed by atoms with Crippen LogP contribution in [0.5, 0.6) is 0 Å². The third-order valence-electron chi connectivity index (χ3n) is 8.82. The van der Waals surface area contributed by atoms with Gasteiger partial charge in [0.05, 0.1) is 29.4 Å². The highest BCUT2D eigenvalue weighted by molar-refractivity contribution is 6.01. The minimum atomic E-state index is -5.08. The van der Waals surface area contributed by atoms with Gasteiger partial charge in [-0.05, 0) is 49.6 Å². The molecule has 250 valence electrons. The fraction of sp³-hybridized carbons (Fsp3) is 0.419. The zero-order chi connectivity index (χ0) is 33.5. The molecule has 6 heterocycles. The second-order valence-electron chi connectivity index (χ2n) is 11.8. The van der Waals surface area contributed by atoms with Crippen molar-refractivity contribution < 1.29 is 41.8 Å². The number of amides is 1. The van der Waals surface area contributed by atoms with Crippen LogP contribution in [0.4, 0.5) is 27.6 Å². The molecule has 3 aromatic heterocycles. The van der Waals surface area contributed by atoms with Crippen molar-refractivity contribution in [3.63, 3.8) is 0 Å². The van der Waals surface area contributed by atoms with E-state index in [1.165, 1.54) is 12.1 Å². The summed E-state index contributed by atoms with van der Waals surface area (Å²) in [5, 5.41) is 21.6. The largest absolute Gasteiger partial charge is 0.490 e. The molecule has 0 radical (unpaired) electrons. The number of alkyl halides is 3. The number of aliphatic carboxylic acids is 1. The van der Waals surface area contributed by atoms with Gasteiger partial charge < -0.3 is 24.6 Å². The summed E-state index contributed by atoms with van der Waals surface area (Å²) in [5.41, 5.74) is 2.34. The molecule has 0 saturated carbocycles. The summed E-state index contributed by atoms with van der Waals surface area (Å²) in [6.07, 6.45) is 3.98. The van der Waals surface area contributed by atoms with E-state index in [9.17, 15) is 31.9 Å². The zero-order valence-corrected chi connectivity index (χ0v) is 25.0. The predicted molar refractivity (Wildman–Crippen MR) is 158 cm³/mol. The van der Waals surface area contributed by atoms with Crippen LogP contribution >= 0.6 is 0 Å². The number of aromatic nitrogens is 4. The van der Waals surface area contributed by atoms with Crippen molar-refractivity contribution in [3.05, 3.63) is 83.7 Å². The fourth-order valence-corrected chi connectivity index (χ4v) is 6.60. The first-order valence-electron chi connectivity index (χ1n) is 15.1. The van der Waals surface area contributed by atoms with Gasteiger partial charge in [-0.25, -0.2) is 23.1 Å². The molecule has 4 aromatic rings. The van der Waals surface area contributed by atoms with Crippen molar-refractivity contribution in [2.24, 2.45) is 0 Å². The van der Waals surface area contributed by atoms with E-state index in [-0.39, 0.29) is 24.1 Å². The summed E-state index contributed by atoms with van der Waals surface area (Å²) in [6.45, 7) is 3.85. The number of carbonyl (C=O) groups excluding carboxylic acids is 1. The molecule has 47 heavy (non-hydrogen) atoms. The molecular weight excluding hydrogens is 629 g/mol. The number of halogens is 5. The lowest BCUT2D eigenvalue weighted by molar-refractivity contribution is -0.192. The van der Waals surface area contributed by atoms with Gasteiger partial charge in [0, 0.05) is 69.1 Å². The Morgan fingerprint density at radius 1 is 1.00 bits per heavy atom. The van der Waals surface area contributed by atoms with Gasteiger partial charge in [0.15, 0.2) is 0 Å². The highest BCUT2D eigenvalue weighted by atomic mass is 19.4. The summed E-state index contributed by atoms with van der Waals surface area (Å²) in [6, 6.07) is 6.89. The molecule has 7 rings (SSSR count). The van der Waals surface area contributed by atoms with Crippen LogP contribution in [0.3, 0.4) is 0 Å². The number of rotatable bonds is 5. The van der Waals surface area contributed by atoms with Crippen LogP contribution in [-0.4, -0.2) is 96.1 Å². The predicted octanol–water partition coefficient (Wildman–Crippen LogP) is 4.05. The first-order valence-corrected chi connectivity index (χ1v) is 15.1. The number of nitrogens with zero attached hydrogens (tertiary/aromatic N) is 7. The minimum Gasteiger partial charge on any atom is -0.475 e. The van der Waals surface area contributed by atoms with Crippen LogP contribution in [0.25, 0.3) is 5.52 Å². The number of aliphatic hydroxyl groups is 1. The standard InChI is InChI=1S/C29H31F2N7O2.C2HF3O2/c30-19-3-4-24(31)22(14-19)25-2-1-8-36(25)20-5-10-38-26(15-20)23(16-33-38)29(40)37-13-12-35-11-7-32-28(35)27(37)18-34-9-6-21(39)17-34;3-2(4,5)1(6)7/h3-5,7,10-11,14-16,21,25,27,39H,1-2,6,8-9,12-13,17-18H2;(H,6,7)/t21-,25+,27?;/m0./s1. The Labute approximate surface area is 265 Å². The quantitative estimate of drug-likeness (QED) is 0.308. The smallest absolute Gasteiger partial charge is 0.475 e. The van der Waals surface area contributed by atoms with E-state index in [0.717, 1.165) is 37.0 Å². The fourth-order valence-electron chi connectivity index (χ4n) is 6.60. The van der Waals surface area contributed by atoms with Gasteiger partial charge in [0.2, 0.25) is 0 Å². The molecule has 3 aliphatic rings. The molecule has 11 nitrogen and oxygen atoms in total. The summed E-state index contributed by atoms with van der Waals surface area (Å²) in [5.74, 6) is -2.91. The summed E-state index contributed by atoms with van der Waals surface area (Å²) >= 11 is 0. The Hall–Kier alpha value is -4.57. The van der Waals surface area contributed by atoms with Crippen LogP contribution in [-0.2, 0) is 11.3 Å². The Bertz CT molecular complexity index is 1780. The average molecular weight is 662 g/mol. The van der Waals surface area contributed by atoms with Crippen molar-refractivity contribution in [1.29, 1.82) is 0 Å². The number of anilines is 1. The van der Waals surface area contributed by atoms with Crippen molar-refractivity contribution in [2.75, 3.05) is 37.6 Å². The van der Waals surface area contributed by atoms with Crippen LogP contribution in [0, 0.1) is 11.6 Å². The normalized spacial score (nSPS) is 21.5. The Kier molecular flexibility index (Phi) is 8.89. The van der Waals surface area contributed by atoms with E-state index in [4.69, 9.17) is 9.90 Å². The lowest BCUT2D eigenvalue weighted by atomic mass is 10.0. The molecule has 16 heteroatoms. The van der Waals surface area contributed by atoms with E-state index in [1.54, 1.807) is 16.9 Å². The molecule has 3 aliphatic heterocycles. The number of benzene rings is 1. The third kappa shape index (κ3) is 6.65. The number of imidazole rings is 1. The molecular formula is C31H32F5N7O4. The molecule has 2 saturated heterocycles. The summed E-state index contributed by atoms with van der Waals surface area (Å²) in [7, 11) is 0. The van der Waals surface area contributed by atoms with E-state index in [0.29, 0.717) is 55.8 Å². The van der Waals surface area contributed by atoms with Gasteiger partial charge in [0.25, 0.3) is 5.91 Å². The Balaban J connectivity index is 0.000000499. The van der Waals surface area contributed by atoms with Gasteiger partial charge >= 0.3 is 12.1 Å². The molecule has 3 atom stereocenters. The number of carboxylic acids is 1. The van der Waals surface area contributed by atoms with Gasteiger partial charge in [-0.1, -0.05) is 0 Å². The first kappa shape index (κ1) is 32.4. The number of hydrogen-bond donors (Lipinski definition) is 2. The van der Waals surface area contributed by atoms with Crippen LogP contribution in [0.2, 0.25) is 0 Å². The van der Waals surface area contributed by atoms with Crippen LogP contribution < -0.4 is 4.90 Å². The van der Waals surface area contributed by atoms with Gasteiger partial charge in [-0.15, -0.1) is 0 Å². The SMILES string of the molecule is O=C(O)C(F)(F)F.O=C(c1cnn2ccc(N3CCC[C@@H]3c3cc(F)ccc3F)cc12)N1CCn2ccnc2C1CN1CC[C@H](O)C1. The monoisotopic (exact) mass is 661 g/mol. The Morgan fingerprint density at radius 3 is 2.51 bits per heavy atom. The lowest BCUT2D eigenvalue weighted by Crippen LogP contribution is -2.46. The molecule has 0 bridgehead atoms. The summed E-state index contributed by atoms with van der Waals surface area (Å²) in [4.78, 5) is 33.7. The maximum Gasteiger partial charge on any atom is 0.490 e. The first-order chi connectivity index (χ1) is 22.4. The number of β-amino-alcohol motifs (C(OH)–C–C–N with tert-alkyl or cyclic N) is 1. The number of aliphatic hydroxyl groups excluding tert-OH is 1. The highest BCUT2D eigenvalue weighted by Crippen LogP contribution is 2.38. The van der Waals surface area contributed by atoms with Crippen LogP contribution in [0.1, 0.15) is 53.1 Å². The van der Waals surface area contributed by atoms with E-state index < -0.39 is 23.8 Å². The second kappa shape index (κ2) is 12.9. The van der Waals surface area contributed by atoms with Gasteiger partial charge in [0.1, 0.15) is 23.5 Å². The molecule has 1 unspecified atom stereocenters. The van der Waals surface area contributed by atoms with Crippen molar-refractivity contribution in [3.8, 4) is 0 Å². The maximum absolute atomic E-state index is 14.7. The molecule has 1 amide bonds. The lowest BCUT2D eigenvalue weighted by Gasteiger charge is -2.37. The number of fused-ring (bicyclic) bond motifs is 2. The molecule has 2 fully saturated rings. The summed E-state index contributed by atoms with van der Waals surface area (Å²) < 4.78 is 64.2. The maximum atomic E-state index is 14.7. The Morgan fingerprint density at radius 2 is 1.79 bits per heavy atom. The number of carbonyl (C=O) groups is 2. The molecule has 2 N–H and O–H groups in total. The molecule has 1 aromatic carbocycles. The number of pyridine rings is 1. The average Bonchev–Trinajstić information content (AvgIpc) is 3.84. The molecule has 0 aliphatic carbocycles. The van der Waals surface area contributed by atoms with Gasteiger partial charge in [-0.2, -0.15) is 18.3 Å². The van der Waals surface area contributed by atoms with Crippen molar-refractivity contribution in [1.82, 2.24) is 29.0 Å². The van der Waals surface area contributed by atoms with Crippen LogP contribution in [0.15, 0.2) is 55.1 Å². The minimum absolute atomic E-state index is 0.125. The topological polar surface area (TPSA) is 119 Å². The molecule has 0 spiro atoms. The number of likely N-dealkylation sites (tertiary alicyclic amines) is 1. The van der Waals surface area contributed by atoms with Gasteiger partial charge in [-0.3, -0.25) is 9.69 Å². The number of hydrogen-bond acceptors (Lipinski definition) is 7. The number of carboxylic acid groups (broad SMARTS) is 1. The highest BCUT2D eigenvalue weighted by Gasteiger charge is 2.39. The van der Waals surface area contributed by atoms with Crippen molar-refractivity contribution >= 4 is 23.1 Å². The van der Waals surface area contributed by atoms with E-state index >= 15 is 0 Å². The van der Waals surface area contributed by atoms with E-state index in [2.05, 4.69) is 24.4 Å². The van der Waals surface area contributed by atoms with Crippen molar-refractivity contribution in [2.45, 2.75) is 50.2 Å². The third-order valence-corrected chi connectivity index (χ3v) is 8.82. The second-order valence-corrected chi connectivity index (χ2v) is 11.8. The zero-order valence-electron chi connectivity index (χ0n) is 25.0.